The molecular formula is C10H12N2. The summed E-state index contributed by atoms with van der Waals surface area (Å²) in [6.07, 6.45) is 2.95. The Labute approximate surface area is 72.4 Å². The minimum absolute atomic E-state index is 0.884. The second kappa shape index (κ2) is 3.72. The van der Waals surface area contributed by atoms with Crippen molar-refractivity contribution in [2.75, 3.05) is 5.32 Å². The molecule has 1 aromatic carbocycles. The Kier molecular flexibility index (Phi) is 2.64. The second-order valence-corrected chi connectivity index (χ2v) is 2.53. The van der Waals surface area contributed by atoms with E-state index in [4.69, 9.17) is 5.41 Å². The van der Waals surface area contributed by atoms with Crippen LogP contribution in [0.5, 0.6) is 0 Å². The minimum Gasteiger partial charge on any atom is -0.362 e. The molecular weight excluding hydrogens is 148 g/mol. The SMILES string of the molecule is C=CNc1c(C)cccc1C=N. The van der Waals surface area contributed by atoms with Gasteiger partial charge in [0, 0.05) is 17.5 Å². The average molecular weight is 160 g/mol. The van der Waals surface area contributed by atoms with Gasteiger partial charge in [-0.15, -0.1) is 0 Å². The van der Waals surface area contributed by atoms with Crippen molar-refractivity contribution in [2.24, 2.45) is 0 Å². The van der Waals surface area contributed by atoms with E-state index in [1.165, 1.54) is 6.21 Å². The lowest BCUT2D eigenvalue weighted by molar-refractivity contribution is 1.42. The topological polar surface area (TPSA) is 35.9 Å². The van der Waals surface area contributed by atoms with Gasteiger partial charge in [-0.3, -0.25) is 0 Å². The number of benzene rings is 1. The van der Waals surface area contributed by atoms with Crippen molar-refractivity contribution < 1.29 is 0 Å². The molecule has 0 unspecified atom stereocenters. The van der Waals surface area contributed by atoms with Gasteiger partial charge in [0.15, 0.2) is 0 Å². The molecule has 0 saturated carbocycles. The van der Waals surface area contributed by atoms with E-state index in [9.17, 15) is 0 Å². The van der Waals surface area contributed by atoms with Crippen molar-refractivity contribution in [1.82, 2.24) is 0 Å². The van der Waals surface area contributed by atoms with Gasteiger partial charge in [0.1, 0.15) is 0 Å². The van der Waals surface area contributed by atoms with E-state index >= 15 is 0 Å². The van der Waals surface area contributed by atoms with Crippen molar-refractivity contribution >= 4 is 11.9 Å². The van der Waals surface area contributed by atoms with Gasteiger partial charge in [0.25, 0.3) is 0 Å². The summed E-state index contributed by atoms with van der Waals surface area (Å²) < 4.78 is 0. The van der Waals surface area contributed by atoms with Gasteiger partial charge < -0.3 is 10.7 Å². The number of rotatable bonds is 3. The van der Waals surface area contributed by atoms with Crippen LogP contribution in [0.1, 0.15) is 11.1 Å². The number of anilines is 1. The molecule has 1 rings (SSSR count). The third kappa shape index (κ3) is 1.53. The highest BCUT2D eigenvalue weighted by Crippen LogP contribution is 2.18. The first-order valence-electron chi connectivity index (χ1n) is 3.77. The zero-order chi connectivity index (χ0) is 8.97. The molecule has 0 heterocycles. The van der Waals surface area contributed by atoms with Crippen LogP contribution in [0.2, 0.25) is 0 Å². The summed E-state index contributed by atoms with van der Waals surface area (Å²) in [6, 6.07) is 5.83. The quantitative estimate of drug-likeness (QED) is 0.655. The third-order valence-electron chi connectivity index (χ3n) is 1.71. The molecule has 0 saturated heterocycles. The number of para-hydroxylation sites is 1. The highest BCUT2D eigenvalue weighted by Gasteiger charge is 1.99. The summed E-state index contributed by atoms with van der Waals surface area (Å²) in [4.78, 5) is 0. The monoisotopic (exact) mass is 160 g/mol. The molecule has 0 radical (unpaired) electrons. The smallest absolute Gasteiger partial charge is 0.0498 e. The zero-order valence-electron chi connectivity index (χ0n) is 7.09. The lowest BCUT2D eigenvalue weighted by Crippen LogP contribution is -1.95. The Bertz CT molecular complexity index is 303. The predicted octanol–water partition coefficient (Wildman–Crippen LogP) is 2.55. The van der Waals surface area contributed by atoms with E-state index in [0.29, 0.717) is 0 Å². The average Bonchev–Trinajstić information content (AvgIpc) is 2.09. The fourth-order valence-electron chi connectivity index (χ4n) is 1.11. The fraction of sp³-hybridized carbons (Fsp3) is 0.100. The maximum Gasteiger partial charge on any atom is 0.0498 e. The first-order valence-corrected chi connectivity index (χ1v) is 3.77. The van der Waals surface area contributed by atoms with Gasteiger partial charge in [0.05, 0.1) is 0 Å². The Balaban J connectivity index is 3.18. The maximum absolute atomic E-state index is 7.16. The Morgan fingerprint density at radius 1 is 1.50 bits per heavy atom. The van der Waals surface area contributed by atoms with Crippen molar-refractivity contribution in [1.29, 1.82) is 5.41 Å². The molecule has 1 aromatic rings. The molecule has 0 bridgehead atoms. The molecule has 0 spiro atoms. The van der Waals surface area contributed by atoms with E-state index in [0.717, 1.165) is 16.8 Å². The fourth-order valence-corrected chi connectivity index (χ4v) is 1.11. The van der Waals surface area contributed by atoms with Gasteiger partial charge in [-0.2, -0.15) is 0 Å². The summed E-state index contributed by atoms with van der Waals surface area (Å²) in [5.41, 5.74) is 2.97. The molecule has 0 aliphatic rings. The highest BCUT2D eigenvalue weighted by molar-refractivity contribution is 5.87. The molecule has 0 fully saturated rings. The van der Waals surface area contributed by atoms with Crippen LogP contribution in [0.4, 0.5) is 5.69 Å². The van der Waals surface area contributed by atoms with Crippen molar-refractivity contribution in [2.45, 2.75) is 6.92 Å². The molecule has 2 heteroatoms. The summed E-state index contributed by atoms with van der Waals surface area (Å²) >= 11 is 0. The van der Waals surface area contributed by atoms with E-state index in [1.807, 2.05) is 25.1 Å². The lowest BCUT2D eigenvalue weighted by atomic mass is 10.1. The second-order valence-electron chi connectivity index (χ2n) is 2.53. The number of hydrogen-bond acceptors (Lipinski definition) is 2. The molecule has 2 nitrogen and oxygen atoms in total. The Morgan fingerprint density at radius 2 is 2.25 bits per heavy atom. The molecule has 2 N–H and O–H groups in total. The van der Waals surface area contributed by atoms with Crippen LogP contribution in [-0.2, 0) is 0 Å². The van der Waals surface area contributed by atoms with Gasteiger partial charge in [-0.05, 0) is 18.7 Å². The van der Waals surface area contributed by atoms with Gasteiger partial charge in [-0.1, -0.05) is 24.8 Å². The summed E-state index contributed by atoms with van der Waals surface area (Å²) in [5.74, 6) is 0. The summed E-state index contributed by atoms with van der Waals surface area (Å²) in [7, 11) is 0. The van der Waals surface area contributed by atoms with Crippen LogP contribution in [0, 0.1) is 12.3 Å². The largest absolute Gasteiger partial charge is 0.362 e. The third-order valence-corrected chi connectivity index (χ3v) is 1.71. The van der Waals surface area contributed by atoms with Gasteiger partial charge in [-0.25, -0.2) is 0 Å². The van der Waals surface area contributed by atoms with Gasteiger partial charge >= 0.3 is 0 Å². The molecule has 0 aliphatic carbocycles. The molecule has 12 heavy (non-hydrogen) atoms. The number of nitrogens with one attached hydrogen (secondary N) is 2. The first-order chi connectivity index (χ1) is 5.79. The van der Waals surface area contributed by atoms with Crippen molar-refractivity contribution in [3.63, 3.8) is 0 Å². The van der Waals surface area contributed by atoms with Crippen LogP contribution < -0.4 is 5.32 Å². The van der Waals surface area contributed by atoms with Crippen LogP contribution in [0.15, 0.2) is 31.0 Å². The van der Waals surface area contributed by atoms with Crippen LogP contribution in [-0.4, -0.2) is 6.21 Å². The Hall–Kier alpha value is -1.57. The van der Waals surface area contributed by atoms with E-state index in [2.05, 4.69) is 11.9 Å². The molecule has 0 aromatic heterocycles. The van der Waals surface area contributed by atoms with Crippen molar-refractivity contribution in [3.8, 4) is 0 Å². The lowest BCUT2D eigenvalue weighted by Gasteiger charge is -2.07. The maximum atomic E-state index is 7.16. The van der Waals surface area contributed by atoms with Crippen LogP contribution in [0.3, 0.4) is 0 Å². The molecule has 62 valence electrons. The predicted molar refractivity (Wildman–Crippen MR) is 52.9 cm³/mol. The Morgan fingerprint density at radius 3 is 2.83 bits per heavy atom. The normalized spacial score (nSPS) is 9.08. The first kappa shape index (κ1) is 8.53. The zero-order valence-corrected chi connectivity index (χ0v) is 7.09. The van der Waals surface area contributed by atoms with E-state index < -0.39 is 0 Å². The van der Waals surface area contributed by atoms with E-state index in [1.54, 1.807) is 6.20 Å². The minimum atomic E-state index is 0.884. The summed E-state index contributed by atoms with van der Waals surface area (Å²) in [6.45, 7) is 5.59. The standard InChI is InChI=1S/C10H12N2/c1-3-12-10-8(2)5-4-6-9(10)7-11/h3-7,11-12H,1H2,2H3. The number of aryl methyl sites for hydroxylation is 1. The van der Waals surface area contributed by atoms with Gasteiger partial charge in [0.2, 0.25) is 0 Å². The molecule has 0 atom stereocenters. The highest BCUT2D eigenvalue weighted by atomic mass is 14.8. The summed E-state index contributed by atoms with van der Waals surface area (Å²) in [5, 5.41) is 10.2. The van der Waals surface area contributed by atoms with Crippen molar-refractivity contribution in [3.05, 3.63) is 42.1 Å². The number of hydrogen-bond donors (Lipinski definition) is 2. The molecule has 0 amide bonds. The van der Waals surface area contributed by atoms with E-state index in [-0.39, 0.29) is 0 Å². The molecule has 0 aliphatic heterocycles. The van der Waals surface area contributed by atoms with Crippen LogP contribution in [0.25, 0.3) is 0 Å². The van der Waals surface area contributed by atoms with Crippen LogP contribution >= 0.6 is 0 Å².